The minimum absolute atomic E-state index is 0.0351. The van der Waals surface area contributed by atoms with Crippen LogP contribution in [0.3, 0.4) is 0 Å². The van der Waals surface area contributed by atoms with E-state index in [0.717, 1.165) is 44.9 Å². The molecule has 0 radical (unpaired) electrons. The van der Waals surface area contributed by atoms with Crippen LogP contribution >= 0.6 is 23.5 Å². The average molecular weight is 682 g/mol. The molecule has 0 fully saturated rings. The zero-order valence-corrected chi connectivity index (χ0v) is 28.5. The van der Waals surface area contributed by atoms with Crippen molar-refractivity contribution in [1.29, 1.82) is 0 Å². The molecule has 242 valence electrons. The highest BCUT2D eigenvalue weighted by Crippen LogP contribution is 2.46. The van der Waals surface area contributed by atoms with E-state index in [0.29, 0.717) is 45.6 Å². The molecule has 0 saturated carbocycles. The second-order valence-corrected chi connectivity index (χ2v) is 14.3. The van der Waals surface area contributed by atoms with E-state index in [1.807, 2.05) is 49.4 Å². The Hall–Kier alpha value is -5.12. The monoisotopic (exact) mass is 681 g/mol. The van der Waals surface area contributed by atoms with Gasteiger partial charge in [0.2, 0.25) is 0 Å². The fourth-order valence-corrected chi connectivity index (χ4v) is 8.93. The second kappa shape index (κ2) is 12.4. The quantitative estimate of drug-likeness (QED) is 0.177. The summed E-state index contributed by atoms with van der Waals surface area (Å²) in [4.78, 5) is 60.8. The van der Waals surface area contributed by atoms with Crippen LogP contribution in [0.4, 0.5) is 11.4 Å². The first kappa shape index (κ1) is 31.2. The molecule has 9 heteroatoms. The SMILES string of the molecule is CCCCN1C(=O)c2ccc3c(=O)c(=CC=C(C=C4Sc5ccccc5N4CC)/C=C4/Nc5ccccc5S4)c(=O)c4ccc(c2c34)C1=O. The maximum absolute atomic E-state index is 14.1. The molecule has 5 aromatic rings. The van der Waals surface area contributed by atoms with Crippen molar-refractivity contribution in [3.8, 4) is 0 Å². The molecule has 0 atom stereocenters. The van der Waals surface area contributed by atoms with Gasteiger partial charge in [-0.3, -0.25) is 24.1 Å². The number of benzene rings is 5. The number of hydrogen-bond acceptors (Lipinski definition) is 8. The Labute approximate surface area is 291 Å². The van der Waals surface area contributed by atoms with Gasteiger partial charge in [0.25, 0.3) is 11.8 Å². The molecule has 0 aliphatic carbocycles. The Kier molecular flexibility index (Phi) is 7.89. The standard InChI is InChI=1S/C40H31N3O4S2/c1-3-5-20-43-39(46)26-18-16-24-35-25(17-19-27(36(26)35)40(43)47)38(45)28(37(24)44)15-14-23(21-33-41-29-10-6-8-12-31(29)48-33)22-34-42(4-2)30-11-7-9-13-32(30)49-34/h6-19,21-22,41H,3-5,20H2,1-2H3/b23-14?,33-21-,34-22?. The Bertz CT molecular complexity index is 2390. The van der Waals surface area contributed by atoms with E-state index < -0.39 is 22.7 Å². The summed E-state index contributed by atoms with van der Waals surface area (Å²) in [6, 6.07) is 22.9. The minimum atomic E-state index is -0.427. The van der Waals surface area contributed by atoms with E-state index in [1.54, 1.807) is 53.9 Å². The third-order valence-corrected chi connectivity index (χ3v) is 11.3. The lowest BCUT2D eigenvalue weighted by Crippen LogP contribution is -2.42. The molecule has 7 nitrogen and oxygen atoms in total. The summed E-state index contributed by atoms with van der Waals surface area (Å²) in [6.45, 7) is 5.22. The first-order chi connectivity index (χ1) is 23.9. The van der Waals surface area contributed by atoms with Crippen LogP contribution in [0.15, 0.2) is 126 Å². The predicted octanol–water partition coefficient (Wildman–Crippen LogP) is 7.51. The molecule has 49 heavy (non-hydrogen) atoms. The molecular formula is C40H31N3O4S2. The van der Waals surface area contributed by atoms with Crippen LogP contribution in [0, 0.1) is 0 Å². The number of nitrogens with one attached hydrogen (secondary N) is 1. The Morgan fingerprint density at radius 3 is 2.08 bits per heavy atom. The number of fused-ring (bicyclic) bond motifs is 2. The summed E-state index contributed by atoms with van der Waals surface area (Å²) in [5.41, 5.74) is 2.82. The molecule has 2 amide bonds. The lowest BCUT2D eigenvalue weighted by molar-refractivity contribution is 0.0608. The number of carbonyl (C=O) groups excluding carboxylic acids is 2. The van der Waals surface area contributed by atoms with Gasteiger partial charge in [-0.15, -0.1) is 0 Å². The van der Waals surface area contributed by atoms with E-state index in [2.05, 4.69) is 41.4 Å². The van der Waals surface area contributed by atoms with Crippen molar-refractivity contribution in [3.05, 3.63) is 143 Å². The van der Waals surface area contributed by atoms with Gasteiger partial charge in [-0.25, -0.2) is 0 Å². The number of thioether (sulfide) groups is 2. The van der Waals surface area contributed by atoms with Crippen molar-refractivity contribution in [1.82, 2.24) is 4.90 Å². The zero-order chi connectivity index (χ0) is 33.8. The number of nitrogens with zero attached hydrogens (tertiary/aromatic N) is 2. The van der Waals surface area contributed by atoms with E-state index >= 15 is 0 Å². The van der Waals surface area contributed by atoms with Gasteiger partial charge in [-0.1, -0.05) is 67.2 Å². The van der Waals surface area contributed by atoms with Crippen molar-refractivity contribution in [2.75, 3.05) is 23.3 Å². The van der Waals surface area contributed by atoms with Crippen LogP contribution in [0.1, 0.15) is 47.4 Å². The first-order valence-electron chi connectivity index (χ1n) is 16.4. The van der Waals surface area contributed by atoms with Gasteiger partial charge < -0.3 is 10.2 Å². The number of rotatable bonds is 7. The van der Waals surface area contributed by atoms with Crippen LogP contribution in [-0.4, -0.2) is 29.8 Å². The van der Waals surface area contributed by atoms with Gasteiger partial charge in [0.15, 0.2) is 10.9 Å². The zero-order valence-electron chi connectivity index (χ0n) is 26.9. The third-order valence-electron chi connectivity index (χ3n) is 9.17. The van der Waals surface area contributed by atoms with E-state index in [1.165, 1.54) is 9.80 Å². The lowest BCUT2D eigenvalue weighted by Gasteiger charge is -2.27. The topological polar surface area (TPSA) is 86.8 Å². The van der Waals surface area contributed by atoms with Crippen molar-refractivity contribution in [2.24, 2.45) is 0 Å². The summed E-state index contributed by atoms with van der Waals surface area (Å²) in [6.07, 6.45) is 9.08. The summed E-state index contributed by atoms with van der Waals surface area (Å²) in [5, 5.41) is 6.90. The fourth-order valence-electron chi connectivity index (χ4n) is 6.78. The Morgan fingerprint density at radius 1 is 0.735 bits per heavy atom. The van der Waals surface area contributed by atoms with E-state index in [9.17, 15) is 19.2 Å². The maximum atomic E-state index is 14.1. The Morgan fingerprint density at radius 2 is 1.41 bits per heavy atom. The van der Waals surface area contributed by atoms with Gasteiger partial charge in [0.1, 0.15) is 0 Å². The molecule has 0 spiro atoms. The summed E-state index contributed by atoms with van der Waals surface area (Å²) in [5.74, 6) is -0.781. The van der Waals surface area contributed by atoms with E-state index in [-0.39, 0.29) is 5.22 Å². The molecule has 3 aliphatic heterocycles. The molecule has 3 aliphatic rings. The number of amides is 2. The molecule has 5 aromatic carbocycles. The number of hydrogen-bond donors (Lipinski definition) is 1. The van der Waals surface area contributed by atoms with Crippen molar-refractivity contribution in [3.63, 3.8) is 0 Å². The van der Waals surface area contributed by atoms with Crippen molar-refractivity contribution in [2.45, 2.75) is 36.5 Å². The molecule has 0 unspecified atom stereocenters. The predicted molar refractivity (Wildman–Crippen MR) is 201 cm³/mol. The van der Waals surface area contributed by atoms with Gasteiger partial charge in [0, 0.05) is 55.6 Å². The molecule has 1 N–H and O–H groups in total. The lowest BCUT2D eigenvalue weighted by atomic mass is 9.88. The van der Waals surface area contributed by atoms with Gasteiger partial charge in [0.05, 0.1) is 26.7 Å². The smallest absolute Gasteiger partial charge is 0.261 e. The molecule has 3 heterocycles. The van der Waals surface area contributed by atoms with E-state index in [4.69, 9.17) is 0 Å². The molecule has 8 rings (SSSR count). The largest absolute Gasteiger partial charge is 0.349 e. The number of carbonyl (C=O) groups is 2. The van der Waals surface area contributed by atoms with Crippen LogP contribution in [-0.2, 0) is 0 Å². The highest BCUT2D eigenvalue weighted by Gasteiger charge is 2.34. The fraction of sp³-hybridized carbons (Fsp3) is 0.150. The number of allylic oxidation sites excluding steroid dienone is 4. The van der Waals surface area contributed by atoms with Crippen molar-refractivity contribution >= 4 is 74.3 Å². The number of anilines is 2. The maximum Gasteiger partial charge on any atom is 0.261 e. The van der Waals surface area contributed by atoms with Gasteiger partial charge in [-0.05, 0) is 85.7 Å². The van der Waals surface area contributed by atoms with Crippen LogP contribution in [0.5, 0.6) is 0 Å². The van der Waals surface area contributed by atoms with Gasteiger partial charge >= 0.3 is 0 Å². The number of para-hydroxylation sites is 2. The first-order valence-corrected chi connectivity index (χ1v) is 18.0. The molecular weight excluding hydrogens is 651 g/mol. The van der Waals surface area contributed by atoms with Crippen LogP contribution in [0.2, 0.25) is 0 Å². The highest BCUT2D eigenvalue weighted by atomic mass is 32.2. The minimum Gasteiger partial charge on any atom is -0.349 e. The summed E-state index contributed by atoms with van der Waals surface area (Å²) in [7, 11) is 0. The second-order valence-electron chi connectivity index (χ2n) is 12.1. The highest BCUT2D eigenvalue weighted by molar-refractivity contribution is 8.04. The third kappa shape index (κ3) is 5.16. The van der Waals surface area contributed by atoms with Gasteiger partial charge in [-0.2, -0.15) is 0 Å². The summed E-state index contributed by atoms with van der Waals surface area (Å²) < 4.78 is 0. The average Bonchev–Trinajstić information content (AvgIpc) is 3.69. The van der Waals surface area contributed by atoms with Crippen molar-refractivity contribution < 1.29 is 9.59 Å². The van der Waals surface area contributed by atoms with Crippen LogP contribution in [0.25, 0.3) is 27.6 Å². The number of unbranched alkanes of at least 4 members (excludes halogenated alkanes) is 1. The molecule has 0 aromatic heterocycles. The molecule has 0 saturated heterocycles. The van der Waals surface area contributed by atoms with Crippen LogP contribution < -0.4 is 26.3 Å². The number of imide groups is 1. The Balaban J connectivity index is 1.28. The molecule has 0 bridgehead atoms. The summed E-state index contributed by atoms with van der Waals surface area (Å²) >= 11 is 3.31. The normalized spacial score (nSPS) is 17.1.